The Kier molecular flexibility index (Phi) is 7.98. The molecule has 3 rings (SSSR count). The second kappa shape index (κ2) is 11.1. The Bertz CT molecular complexity index is 1140. The average Bonchev–Trinajstić information content (AvgIpc) is 3.20. The molecule has 0 unspecified atom stereocenters. The molecule has 1 atom stereocenters. The van der Waals surface area contributed by atoms with Gasteiger partial charge in [-0.2, -0.15) is 0 Å². The summed E-state index contributed by atoms with van der Waals surface area (Å²) in [5, 5.41) is 27.0. The lowest BCUT2D eigenvalue weighted by molar-refractivity contribution is -0.139. The minimum Gasteiger partial charge on any atom is -0.480 e. The van der Waals surface area contributed by atoms with Gasteiger partial charge in [-0.25, -0.2) is 9.78 Å². The number of amides is 1. The van der Waals surface area contributed by atoms with Gasteiger partial charge in [0.1, 0.15) is 11.9 Å². The van der Waals surface area contributed by atoms with Crippen LogP contribution < -0.4 is 21.7 Å². The Hall–Kier alpha value is -3.92. The molecule has 2 aromatic carbocycles. The number of nitrogens with one attached hydrogen (secondary N) is 4. The van der Waals surface area contributed by atoms with E-state index in [0.717, 1.165) is 22.2 Å². The number of aliphatic carboxylic acids is 1. The Labute approximate surface area is 191 Å². The number of guanidine groups is 1. The molecule has 0 radical (unpaired) electrons. The number of rotatable bonds is 11. The standard InChI is InChI=1S/C23H29N7O3/c1-30-12-11-27-20(30)14-26-13-15-8-9-18(17-6-3-2-5-16(15)17)21(31)29-19(22(32)33)7-4-10-28-23(24)25/h2-3,5-6,8-9,11-12,19,26H,4,7,10,13-14H2,1H3,(H,29,31)(H,32,33)(H4,24,25,28)/t19-/m0/s1. The van der Waals surface area contributed by atoms with Crippen LogP contribution in [0.5, 0.6) is 0 Å². The number of hydrogen-bond donors (Lipinski definition) is 6. The van der Waals surface area contributed by atoms with Gasteiger partial charge in [-0.3, -0.25) is 10.2 Å². The summed E-state index contributed by atoms with van der Waals surface area (Å²) in [5.74, 6) is -0.795. The van der Waals surface area contributed by atoms with E-state index >= 15 is 0 Å². The highest BCUT2D eigenvalue weighted by Crippen LogP contribution is 2.23. The van der Waals surface area contributed by atoms with Crippen LogP contribution in [0.2, 0.25) is 0 Å². The fourth-order valence-corrected chi connectivity index (χ4v) is 3.61. The molecule has 1 amide bonds. The van der Waals surface area contributed by atoms with Gasteiger partial charge in [0.25, 0.3) is 5.91 Å². The van der Waals surface area contributed by atoms with E-state index in [0.29, 0.717) is 31.6 Å². The second-order valence-corrected chi connectivity index (χ2v) is 7.72. The lowest BCUT2D eigenvalue weighted by atomic mass is 9.98. The van der Waals surface area contributed by atoms with Crippen LogP contribution in [0.1, 0.15) is 34.6 Å². The Morgan fingerprint density at radius 1 is 1.18 bits per heavy atom. The summed E-state index contributed by atoms with van der Waals surface area (Å²) in [5.41, 5.74) is 6.68. The zero-order chi connectivity index (χ0) is 23.8. The van der Waals surface area contributed by atoms with E-state index in [1.165, 1.54) is 0 Å². The maximum atomic E-state index is 13.0. The number of carboxylic acid groups (broad SMARTS) is 1. The summed E-state index contributed by atoms with van der Waals surface area (Å²) in [4.78, 5) is 28.9. The Morgan fingerprint density at radius 2 is 1.94 bits per heavy atom. The van der Waals surface area contributed by atoms with Crippen molar-refractivity contribution in [3.63, 3.8) is 0 Å². The highest BCUT2D eigenvalue weighted by Gasteiger charge is 2.21. The molecule has 7 N–H and O–H groups in total. The third-order valence-electron chi connectivity index (χ3n) is 5.37. The van der Waals surface area contributed by atoms with Crippen LogP contribution in [0.3, 0.4) is 0 Å². The van der Waals surface area contributed by atoms with E-state index in [2.05, 4.69) is 20.9 Å². The van der Waals surface area contributed by atoms with Crippen molar-refractivity contribution < 1.29 is 14.7 Å². The van der Waals surface area contributed by atoms with Gasteiger partial charge in [-0.1, -0.05) is 30.3 Å². The van der Waals surface area contributed by atoms with Gasteiger partial charge < -0.3 is 31.4 Å². The maximum absolute atomic E-state index is 13.0. The fraction of sp³-hybridized carbons (Fsp3) is 0.304. The molecule has 174 valence electrons. The van der Waals surface area contributed by atoms with E-state index in [4.69, 9.17) is 11.1 Å². The first-order valence-electron chi connectivity index (χ1n) is 10.7. The van der Waals surface area contributed by atoms with Crippen LogP contribution in [0, 0.1) is 5.41 Å². The van der Waals surface area contributed by atoms with Crippen LogP contribution in [-0.4, -0.2) is 45.1 Å². The van der Waals surface area contributed by atoms with Crippen LogP contribution >= 0.6 is 0 Å². The lowest BCUT2D eigenvalue weighted by Crippen LogP contribution is -2.41. The van der Waals surface area contributed by atoms with Crippen molar-refractivity contribution in [2.75, 3.05) is 6.54 Å². The monoisotopic (exact) mass is 451 g/mol. The number of carbonyl (C=O) groups excluding carboxylic acids is 1. The zero-order valence-corrected chi connectivity index (χ0v) is 18.5. The third kappa shape index (κ3) is 6.30. The zero-order valence-electron chi connectivity index (χ0n) is 18.5. The highest BCUT2D eigenvalue weighted by atomic mass is 16.4. The second-order valence-electron chi connectivity index (χ2n) is 7.72. The van der Waals surface area contributed by atoms with Gasteiger partial charge in [0.2, 0.25) is 0 Å². The fourth-order valence-electron chi connectivity index (χ4n) is 3.61. The maximum Gasteiger partial charge on any atom is 0.326 e. The van der Waals surface area contributed by atoms with Crippen molar-refractivity contribution in [2.24, 2.45) is 12.8 Å². The van der Waals surface area contributed by atoms with E-state index in [9.17, 15) is 14.7 Å². The molecule has 33 heavy (non-hydrogen) atoms. The molecule has 3 aromatic rings. The summed E-state index contributed by atoms with van der Waals surface area (Å²) in [7, 11) is 1.94. The molecule has 0 aliphatic carbocycles. The molecule has 0 bridgehead atoms. The molecular formula is C23H29N7O3. The summed E-state index contributed by atoms with van der Waals surface area (Å²) in [6, 6.07) is 10.1. The molecule has 1 heterocycles. The van der Waals surface area contributed by atoms with Crippen molar-refractivity contribution in [2.45, 2.75) is 32.0 Å². The van der Waals surface area contributed by atoms with Gasteiger partial charge in [0.05, 0.1) is 6.54 Å². The Balaban J connectivity index is 1.71. The van der Waals surface area contributed by atoms with E-state index in [1.807, 2.05) is 48.1 Å². The predicted molar refractivity (Wildman–Crippen MR) is 126 cm³/mol. The normalized spacial score (nSPS) is 11.8. The SMILES string of the molecule is Cn1ccnc1CNCc1ccc(C(=O)N[C@@H](CCCNC(=N)N)C(=O)O)c2ccccc12. The number of benzene rings is 2. The molecule has 10 nitrogen and oxygen atoms in total. The summed E-state index contributed by atoms with van der Waals surface area (Å²) in [6.45, 7) is 1.56. The van der Waals surface area contributed by atoms with Crippen molar-refractivity contribution >= 4 is 28.6 Å². The molecule has 0 saturated heterocycles. The van der Waals surface area contributed by atoms with Crippen molar-refractivity contribution in [3.8, 4) is 0 Å². The minimum absolute atomic E-state index is 0.174. The minimum atomic E-state index is -1.11. The highest BCUT2D eigenvalue weighted by molar-refractivity contribution is 6.08. The van der Waals surface area contributed by atoms with E-state index < -0.39 is 17.9 Å². The average molecular weight is 452 g/mol. The van der Waals surface area contributed by atoms with Crippen molar-refractivity contribution in [1.82, 2.24) is 25.5 Å². The topological polar surface area (TPSA) is 158 Å². The Morgan fingerprint density at radius 3 is 2.61 bits per heavy atom. The number of aromatic nitrogens is 2. The van der Waals surface area contributed by atoms with Gasteiger partial charge >= 0.3 is 5.97 Å². The van der Waals surface area contributed by atoms with Crippen molar-refractivity contribution in [3.05, 3.63) is 65.7 Å². The van der Waals surface area contributed by atoms with E-state index in [-0.39, 0.29) is 12.4 Å². The molecule has 0 fully saturated rings. The van der Waals surface area contributed by atoms with E-state index in [1.54, 1.807) is 12.3 Å². The number of nitrogens with zero attached hydrogens (tertiary/aromatic N) is 2. The van der Waals surface area contributed by atoms with Gasteiger partial charge in [0, 0.05) is 38.1 Å². The largest absolute Gasteiger partial charge is 0.480 e. The number of aryl methyl sites for hydroxylation is 1. The lowest BCUT2D eigenvalue weighted by Gasteiger charge is -2.17. The molecular weight excluding hydrogens is 422 g/mol. The third-order valence-corrected chi connectivity index (χ3v) is 5.37. The number of nitrogens with two attached hydrogens (primary N) is 1. The molecule has 0 aliphatic heterocycles. The number of imidazole rings is 1. The van der Waals surface area contributed by atoms with Gasteiger partial charge in [-0.15, -0.1) is 0 Å². The molecule has 0 saturated carbocycles. The van der Waals surface area contributed by atoms with Gasteiger partial charge in [0.15, 0.2) is 5.96 Å². The summed E-state index contributed by atoms with van der Waals surface area (Å²) >= 11 is 0. The first-order chi connectivity index (χ1) is 15.9. The van der Waals surface area contributed by atoms with Gasteiger partial charge in [-0.05, 0) is 35.2 Å². The number of carboxylic acids is 1. The number of fused-ring (bicyclic) bond motifs is 1. The molecule has 0 aliphatic rings. The number of hydrogen-bond acceptors (Lipinski definition) is 5. The van der Waals surface area contributed by atoms with Crippen LogP contribution in [0.25, 0.3) is 10.8 Å². The van der Waals surface area contributed by atoms with Crippen LogP contribution in [0.15, 0.2) is 48.8 Å². The molecule has 10 heteroatoms. The quantitative estimate of drug-likeness (QED) is 0.146. The smallest absolute Gasteiger partial charge is 0.326 e. The van der Waals surface area contributed by atoms with Crippen LogP contribution in [0.4, 0.5) is 0 Å². The first kappa shape index (κ1) is 23.7. The van der Waals surface area contributed by atoms with Crippen molar-refractivity contribution in [1.29, 1.82) is 5.41 Å². The molecule has 1 aromatic heterocycles. The molecule has 0 spiro atoms. The summed E-state index contributed by atoms with van der Waals surface area (Å²) < 4.78 is 1.95. The first-order valence-corrected chi connectivity index (χ1v) is 10.7. The van der Waals surface area contributed by atoms with Crippen LogP contribution in [-0.2, 0) is 24.9 Å². The summed E-state index contributed by atoms with van der Waals surface area (Å²) in [6.07, 6.45) is 4.31. The predicted octanol–water partition coefficient (Wildman–Crippen LogP) is 1.31. The number of carbonyl (C=O) groups is 2.